The lowest BCUT2D eigenvalue weighted by atomic mass is 9.89. The van der Waals surface area contributed by atoms with Gasteiger partial charge in [0.2, 0.25) is 0 Å². The van der Waals surface area contributed by atoms with E-state index in [2.05, 4.69) is 15.6 Å². The van der Waals surface area contributed by atoms with E-state index in [-0.39, 0.29) is 18.0 Å². The summed E-state index contributed by atoms with van der Waals surface area (Å²) in [4.78, 5) is 16.9. The fraction of sp³-hybridized carbons (Fsp3) is 0.692. The number of aliphatic hydroxyl groups is 1. The molecule has 1 aromatic rings. The predicted molar refractivity (Wildman–Crippen MR) is 77.4 cm³/mol. The standard InChI is InChI=1S/C13H23N3O2S/c1-9-7-15-11(19-9)5-6-14-12(18)16-8-10(17)13(2,3)4/h7,10,17H,5-6,8H2,1-4H3,(H2,14,16,18). The fourth-order valence-corrected chi connectivity index (χ4v) is 2.14. The van der Waals surface area contributed by atoms with Gasteiger partial charge < -0.3 is 15.7 Å². The summed E-state index contributed by atoms with van der Waals surface area (Å²) in [6.45, 7) is 8.61. The Morgan fingerprint density at radius 3 is 2.68 bits per heavy atom. The summed E-state index contributed by atoms with van der Waals surface area (Å²) in [6.07, 6.45) is 2.01. The van der Waals surface area contributed by atoms with Gasteiger partial charge >= 0.3 is 6.03 Å². The lowest BCUT2D eigenvalue weighted by Crippen LogP contribution is -2.44. The van der Waals surface area contributed by atoms with Crippen molar-refractivity contribution in [3.05, 3.63) is 16.1 Å². The van der Waals surface area contributed by atoms with Crippen molar-refractivity contribution in [2.45, 2.75) is 40.2 Å². The number of rotatable bonds is 5. The highest BCUT2D eigenvalue weighted by Crippen LogP contribution is 2.17. The molecule has 0 radical (unpaired) electrons. The molecule has 1 rings (SSSR count). The minimum Gasteiger partial charge on any atom is -0.391 e. The largest absolute Gasteiger partial charge is 0.391 e. The Labute approximate surface area is 118 Å². The van der Waals surface area contributed by atoms with Crippen molar-refractivity contribution in [3.63, 3.8) is 0 Å². The van der Waals surface area contributed by atoms with Crippen molar-refractivity contribution in [3.8, 4) is 0 Å². The smallest absolute Gasteiger partial charge is 0.314 e. The van der Waals surface area contributed by atoms with Gasteiger partial charge in [-0.1, -0.05) is 20.8 Å². The van der Waals surface area contributed by atoms with Crippen LogP contribution < -0.4 is 10.6 Å². The first-order chi connectivity index (χ1) is 8.79. The van der Waals surface area contributed by atoms with Crippen molar-refractivity contribution in [1.29, 1.82) is 0 Å². The van der Waals surface area contributed by atoms with Crippen molar-refractivity contribution in [2.75, 3.05) is 13.1 Å². The Kier molecular flexibility index (Phi) is 5.75. The zero-order chi connectivity index (χ0) is 14.5. The SMILES string of the molecule is Cc1cnc(CCNC(=O)NCC(O)C(C)(C)C)s1. The van der Waals surface area contributed by atoms with E-state index in [1.807, 2.05) is 33.9 Å². The highest BCUT2D eigenvalue weighted by atomic mass is 32.1. The van der Waals surface area contributed by atoms with Crippen LogP contribution in [0.25, 0.3) is 0 Å². The van der Waals surface area contributed by atoms with Crippen LogP contribution in [0.3, 0.4) is 0 Å². The number of hydrogen-bond acceptors (Lipinski definition) is 4. The number of aromatic nitrogens is 1. The Hall–Kier alpha value is -1.14. The summed E-state index contributed by atoms with van der Waals surface area (Å²) < 4.78 is 0. The molecule has 0 saturated heterocycles. The number of nitrogens with one attached hydrogen (secondary N) is 2. The van der Waals surface area contributed by atoms with Crippen LogP contribution in [-0.4, -0.2) is 35.3 Å². The van der Waals surface area contributed by atoms with Gasteiger partial charge in [-0.15, -0.1) is 11.3 Å². The second-order valence-corrected chi connectivity index (χ2v) is 6.95. The minimum absolute atomic E-state index is 0.230. The third kappa shape index (κ3) is 6.02. The third-order valence-corrected chi connectivity index (χ3v) is 3.72. The molecule has 0 aliphatic rings. The maximum Gasteiger partial charge on any atom is 0.314 e. The van der Waals surface area contributed by atoms with Gasteiger partial charge in [0.05, 0.1) is 11.1 Å². The molecule has 0 saturated carbocycles. The molecule has 1 atom stereocenters. The molecule has 0 aliphatic heterocycles. The average molecular weight is 285 g/mol. The first-order valence-corrected chi connectivity index (χ1v) is 7.22. The number of carbonyl (C=O) groups excluding carboxylic acids is 1. The molecule has 3 N–H and O–H groups in total. The second-order valence-electron chi connectivity index (χ2n) is 5.63. The molecule has 5 nitrogen and oxygen atoms in total. The molecule has 6 heteroatoms. The van der Waals surface area contributed by atoms with Gasteiger partial charge in [-0.05, 0) is 12.3 Å². The molecule has 108 valence electrons. The summed E-state index contributed by atoms with van der Waals surface area (Å²) in [5.41, 5.74) is -0.230. The van der Waals surface area contributed by atoms with Gasteiger partial charge in [0, 0.05) is 30.6 Å². The molecule has 0 aromatic carbocycles. The predicted octanol–water partition coefficient (Wildman–Crippen LogP) is 1.70. The monoisotopic (exact) mass is 285 g/mol. The first-order valence-electron chi connectivity index (χ1n) is 6.40. The van der Waals surface area contributed by atoms with Crippen molar-refractivity contribution in [2.24, 2.45) is 5.41 Å². The van der Waals surface area contributed by atoms with Crippen molar-refractivity contribution < 1.29 is 9.90 Å². The molecule has 0 spiro atoms. The van der Waals surface area contributed by atoms with E-state index in [0.717, 1.165) is 11.4 Å². The van der Waals surface area contributed by atoms with Crippen LogP contribution in [0, 0.1) is 12.3 Å². The van der Waals surface area contributed by atoms with Crippen LogP contribution >= 0.6 is 11.3 Å². The maximum absolute atomic E-state index is 11.5. The van der Waals surface area contributed by atoms with Crippen LogP contribution in [0.15, 0.2) is 6.20 Å². The number of aryl methyl sites for hydroxylation is 1. The molecule has 2 amide bonds. The summed E-state index contributed by atoms with van der Waals surface area (Å²) in [5, 5.41) is 16.2. The molecule has 19 heavy (non-hydrogen) atoms. The zero-order valence-electron chi connectivity index (χ0n) is 12.0. The van der Waals surface area contributed by atoms with Crippen LogP contribution in [0.1, 0.15) is 30.7 Å². The third-order valence-electron chi connectivity index (χ3n) is 2.75. The number of thiazole rings is 1. The fourth-order valence-electron chi connectivity index (χ4n) is 1.36. The number of aliphatic hydroxyl groups excluding tert-OH is 1. The molecule has 1 aromatic heterocycles. The molecule has 1 unspecified atom stereocenters. The van der Waals surface area contributed by atoms with E-state index in [4.69, 9.17) is 0 Å². The highest BCUT2D eigenvalue weighted by Gasteiger charge is 2.22. The summed E-state index contributed by atoms with van der Waals surface area (Å²) in [7, 11) is 0. The molecule has 0 aliphatic carbocycles. The first kappa shape index (κ1) is 15.9. The van der Waals surface area contributed by atoms with Gasteiger partial charge in [0.25, 0.3) is 0 Å². The van der Waals surface area contributed by atoms with Crippen LogP contribution in [-0.2, 0) is 6.42 Å². The number of hydrogen-bond donors (Lipinski definition) is 3. The number of amides is 2. The average Bonchev–Trinajstić information content (AvgIpc) is 2.70. The zero-order valence-corrected chi connectivity index (χ0v) is 12.8. The van der Waals surface area contributed by atoms with Crippen LogP contribution in [0.5, 0.6) is 0 Å². The number of carbonyl (C=O) groups is 1. The Balaban J connectivity index is 2.18. The van der Waals surface area contributed by atoms with E-state index in [0.29, 0.717) is 6.54 Å². The number of nitrogens with zero attached hydrogens (tertiary/aromatic N) is 1. The normalized spacial score (nSPS) is 13.1. The van der Waals surface area contributed by atoms with Gasteiger partial charge in [-0.3, -0.25) is 0 Å². The molecular weight excluding hydrogens is 262 g/mol. The molecule has 1 heterocycles. The Morgan fingerprint density at radius 2 is 2.16 bits per heavy atom. The lowest BCUT2D eigenvalue weighted by molar-refractivity contribution is 0.0650. The summed E-state index contributed by atoms with van der Waals surface area (Å²) in [6, 6.07) is -0.253. The van der Waals surface area contributed by atoms with E-state index < -0.39 is 6.10 Å². The molecular formula is C13H23N3O2S. The molecule has 0 fully saturated rings. The Morgan fingerprint density at radius 1 is 1.47 bits per heavy atom. The van der Waals surface area contributed by atoms with Crippen LogP contribution in [0.2, 0.25) is 0 Å². The van der Waals surface area contributed by atoms with Crippen molar-refractivity contribution >= 4 is 17.4 Å². The van der Waals surface area contributed by atoms with E-state index in [9.17, 15) is 9.90 Å². The van der Waals surface area contributed by atoms with E-state index in [1.165, 1.54) is 4.88 Å². The van der Waals surface area contributed by atoms with Gasteiger partial charge in [0.15, 0.2) is 0 Å². The maximum atomic E-state index is 11.5. The van der Waals surface area contributed by atoms with Gasteiger partial charge in [0.1, 0.15) is 0 Å². The lowest BCUT2D eigenvalue weighted by Gasteiger charge is -2.25. The topological polar surface area (TPSA) is 74.2 Å². The number of urea groups is 1. The van der Waals surface area contributed by atoms with E-state index >= 15 is 0 Å². The van der Waals surface area contributed by atoms with E-state index in [1.54, 1.807) is 11.3 Å². The van der Waals surface area contributed by atoms with Gasteiger partial charge in [-0.2, -0.15) is 0 Å². The van der Waals surface area contributed by atoms with Gasteiger partial charge in [-0.25, -0.2) is 9.78 Å². The molecule has 0 bridgehead atoms. The minimum atomic E-state index is -0.556. The summed E-state index contributed by atoms with van der Waals surface area (Å²) >= 11 is 1.64. The second kappa shape index (κ2) is 6.86. The van der Waals surface area contributed by atoms with Crippen molar-refractivity contribution in [1.82, 2.24) is 15.6 Å². The highest BCUT2D eigenvalue weighted by molar-refractivity contribution is 7.11. The van der Waals surface area contributed by atoms with Crippen LogP contribution in [0.4, 0.5) is 4.79 Å². The Bertz CT molecular complexity index is 412. The summed E-state index contributed by atoms with van der Waals surface area (Å²) in [5.74, 6) is 0. The quantitative estimate of drug-likeness (QED) is 0.771.